The predicted octanol–water partition coefficient (Wildman–Crippen LogP) is 7.18. The Hall–Kier alpha value is -4.93. The molecule has 8 nitrogen and oxygen atoms in total. The first-order valence-corrected chi connectivity index (χ1v) is 15.0. The van der Waals surface area contributed by atoms with Crippen LogP contribution in [0.2, 0.25) is 5.02 Å². The number of halogens is 2. The summed E-state index contributed by atoms with van der Waals surface area (Å²) in [6.45, 7) is 1.86. The molecular weight excluding hydrogens is 617 g/mol. The van der Waals surface area contributed by atoms with Gasteiger partial charge in [0.2, 0.25) is 5.91 Å². The third-order valence-electron chi connectivity index (χ3n) is 6.44. The fourth-order valence-electron chi connectivity index (χ4n) is 4.16. The van der Waals surface area contributed by atoms with Gasteiger partial charge in [-0.25, -0.2) is 9.18 Å². The lowest BCUT2D eigenvalue weighted by molar-refractivity contribution is -0.116. The molecule has 1 unspecified atom stereocenters. The van der Waals surface area contributed by atoms with Crippen molar-refractivity contribution in [3.8, 4) is 0 Å². The number of hydrogen-bond acceptors (Lipinski definition) is 6. The van der Waals surface area contributed by atoms with Gasteiger partial charge in [0.25, 0.3) is 11.8 Å². The number of para-hydroxylation sites is 1. The van der Waals surface area contributed by atoms with Crippen molar-refractivity contribution in [3.05, 3.63) is 130 Å². The van der Waals surface area contributed by atoms with E-state index in [2.05, 4.69) is 16.0 Å². The fourth-order valence-corrected chi connectivity index (χ4v) is 5.39. The third kappa shape index (κ3) is 8.81. The number of anilines is 2. The number of benzene rings is 4. The molecule has 0 saturated carbocycles. The van der Waals surface area contributed by atoms with Crippen LogP contribution in [0.5, 0.6) is 0 Å². The summed E-state index contributed by atoms with van der Waals surface area (Å²) in [6.07, 6.45) is 1.64. The number of amides is 3. The second-order valence-electron chi connectivity index (χ2n) is 9.54. The number of nitrogens with one attached hydrogen (secondary N) is 3. The highest BCUT2D eigenvalue weighted by molar-refractivity contribution is 8.00. The number of ether oxygens (including phenoxy) is 1. The van der Waals surface area contributed by atoms with Gasteiger partial charge in [-0.15, -0.1) is 11.8 Å². The van der Waals surface area contributed by atoms with Crippen molar-refractivity contribution in [2.75, 3.05) is 17.7 Å². The number of thioether (sulfide) groups is 1. The molecule has 4 aromatic carbocycles. The van der Waals surface area contributed by atoms with Crippen LogP contribution in [0, 0.1) is 5.82 Å². The standard InChI is InChI=1S/C34H29ClFN3O5S/c1-3-30(33(42)38-28-18-8-7-15-24(28)34(43)44-2)45-23-14-9-13-22(19-23)37-32(41)29(20-25-26(35)16-10-17-27(25)36)39-31(40)21-11-5-4-6-12-21/h4-20,30H,3H2,1-2H3,(H,37,41)(H,38,42)(H,39,40)/b29-20+. The van der Waals surface area contributed by atoms with Crippen molar-refractivity contribution in [1.29, 1.82) is 0 Å². The maximum atomic E-state index is 14.6. The van der Waals surface area contributed by atoms with Gasteiger partial charge in [0.15, 0.2) is 0 Å². The Balaban J connectivity index is 1.53. The highest BCUT2D eigenvalue weighted by Gasteiger charge is 2.22. The van der Waals surface area contributed by atoms with Gasteiger partial charge in [0.05, 0.1) is 28.6 Å². The van der Waals surface area contributed by atoms with E-state index in [9.17, 15) is 23.6 Å². The van der Waals surface area contributed by atoms with E-state index in [1.165, 1.54) is 43.1 Å². The summed E-state index contributed by atoms with van der Waals surface area (Å²) in [6, 6.07) is 25.7. The minimum absolute atomic E-state index is 0.0609. The Labute approximate surface area is 269 Å². The first-order chi connectivity index (χ1) is 21.7. The summed E-state index contributed by atoms with van der Waals surface area (Å²) < 4.78 is 19.4. The fraction of sp³-hybridized carbons (Fsp3) is 0.118. The zero-order valence-corrected chi connectivity index (χ0v) is 25.9. The van der Waals surface area contributed by atoms with E-state index < -0.39 is 28.9 Å². The van der Waals surface area contributed by atoms with E-state index in [1.807, 2.05) is 6.92 Å². The number of carbonyl (C=O) groups is 4. The Bertz CT molecular complexity index is 1730. The van der Waals surface area contributed by atoms with E-state index in [0.29, 0.717) is 28.3 Å². The zero-order valence-electron chi connectivity index (χ0n) is 24.3. The number of hydrogen-bond donors (Lipinski definition) is 3. The minimum Gasteiger partial charge on any atom is -0.465 e. The van der Waals surface area contributed by atoms with E-state index >= 15 is 0 Å². The molecule has 4 aromatic rings. The van der Waals surface area contributed by atoms with Gasteiger partial charge in [-0.3, -0.25) is 14.4 Å². The van der Waals surface area contributed by atoms with E-state index in [4.69, 9.17) is 16.3 Å². The lowest BCUT2D eigenvalue weighted by Crippen LogP contribution is -2.30. The molecular formula is C34H29ClFN3O5S. The molecule has 0 bridgehead atoms. The second-order valence-corrected chi connectivity index (χ2v) is 11.2. The first-order valence-electron chi connectivity index (χ1n) is 13.8. The monoisotopic (exact) mass is 645 g/mol. The van der Waals surface area contributed by atoms with Crippen molar-refractivity contribution in [1.82, 2.24) is 5.32 Å². The van der Waals surface area contributed by atoms with Crippen molar-refractivity contribution in [3.63, 3.8) is 0 Å². The largest absolute Gasteiger partial charge is 0.465 e. The lowest BCUT2D eigenvalue weighted by Gasteiger charge is -2.17. The van der Waals surface area contributed by atoms with Gasteiger partial charge >= 0.3 is 5.97 Å². The first kappa shape index (κ1) is 33.0. The van der Waals surface area contributed by atoms with Gasteiger partial charge in [0.1, 0.15) is 11.5 Å². The SMILES string of the molecule is CCC(Sc1cccc(NC(=O)/C(=C\c2c(F)cccc2Cl)NC(=O)c2ccccc2)c1)C(=O)Nc1ccccc1C(=O)OC. The third-order valence-corrected chi connectivity index (χ3v) is 8.13. The summed E-state index contributed by atoms with van der Waals surface area (Å²) in [5, 5.41) is 7.62. The average molecular weight is 646 g/mol. The normalized spacial score (nSPS) is 11.7. The molecule has 0 aliphatic carbocycles. The van der Waals surface area contributed by atoms with Crippen LogP contribution in [-0.2, 0) is 14.3 Å². The highest BCUT2D eigenvalue weighted by Crippen LogP contribution is 2.29. The van der Waals surface area contributed by atoms with Crippen LogP contribution >= 0.6 is 23.4 Å². The molecule has 4 rings (SSSR count). The molecule has 0 aliphatic heterocycles. The molecule has 0 heterocycles. The van der Waals surface area contributed by atoms with Crippen molar-refractivity contribution >= 4 is 64.5 Å². The Morgan fingerprint density at radius 3 is 2.33 bits per heavy atom. The predicted molar refractivity (Wildman–Crippen MR) is 175 cm³/mol. The molecule has 3 amide bonds. The number of carbonyl (C=O) groups excluding carboxylic acids is 4. The smallest absolute Gasteiger partial charge is 0.339 e. The van der Waals surface area contributed by atoms with Crippen LogP contribution in [0.15, 0.2) is 108 Å². The summed E-state index contributed by atoms with van der Waals surface area (Å²) in [7, 11) is 1.27. The van der Waals surface area contributed by atoms with Gasteiger partial charge in [-0.1, -0.05) is 61.0 Å². The van der Waals surface area contributed by atoms with Gasteiger partial charge in [0, 0.05) is 21.7 Å². The molecule has 3 N–H and O–H groups in total. The maximum Gasteiger partial charge on any atom is 0.339 e. The minimum atomic E-state index is -0.718. The van der Waals surface area contributed by atoms with E-state index in [-0.39, 0.29) is 27.8 Å². The molecule has 45 heavy (non-hydrogen) atoms. The Kier molecular flexibility index (Phi) is 11.5. The highest BCUT2D eigenvalue weighted by atomic mass is 35.5. The summed E-state index contributed by atoms with van der Waals surface area (Å²) >= 11 is 7.46. The van der Waals surface area contributed by atoms with Gasteiger partial charge in [-0.05, 0) is 67.1 Å². The summed E-state index contributed by atoms with van der Waals surface area (Å²) in [5.41, 5.74) is 0.943. The van der Waals surface area contributed by atoms with Crippen LogP contribution < -0.4 is 16.0 Å². The summed E-state index contributed by atoms with van der Waals surface area (Å²) in [5.74, 6) is -2.84. The molecule has 0 aromatic heterocycles. The molecule has 0 fully saturated rings. The van der Waals surface area contributed by atoms with Crippen LogP contribution in [0.25, 0.3) is 6.08 Å². The Morgan fingerprint density at radius 2 is 1.62 bits per heavy atom. The van der Waals surface area contributed by atoms with E-state index in [0.717, 1.165) is 0 Å². The molecule has 230 valence electrons. The quantitative estimate of drug-likeness (QED) is 0.0904. The Morgan fingerprint density at radius 1 is 0.911 bits per heavy atom. The van der Waals surface area contributed by atoms with Crippen molar-refractivity contribution < 1.29 is 28.3 Å². The van der Waals surface area contributed by atoms with Gasteiger partial charge in [-0.2, -0.15) is 0 Å². The van der Waals surface area contributed by atoms with Crippen molar-refractivity contribution in [2.24, 2.45) is 0 Å². The zero-order chi connectivity index (χ0) is 32.3. The molecule has 1 atom stereocenters. The molecule has 11 heteroatoms. The molecule has 0 aliphatic rings. The van der Waals surface area contributed by atoms with Gasteiger partial charge < -0.3 is 20.7 Å². The average Bonchev–Trinajstić information content (AvgIpc) is 3.05. The van der Waals surface area contributed by atoms with E-state index in [1.54, 1.807) is 78.9 Å². The topological polar surface area (TPSA) is 114 Å². The number of methoxy groups -OCH3 is 1. The van der Waals surface area contributed by atoms with Crippen LogP contribution in [0.4, 0.5) is 15.8 Å². The summed E-state index contributed by atoms with van der Waals surface area (Å²) in [4.78, 5) is 52.3. The van der Waals surface area contributed by atoms with Crippen LogP contribution in [-0.4, -0.2) is 36.1 Å². The van der Waals surface area contributed by atoms with Crippen LogP contribution in [0.1, 0.15) is 39.6 Å². The number of esters is 1. The molecule has 0 saturated heterocycles. The second kappa shape index (κ2) is 15.7. The maximum absolute atomic E-state index is 14.6. The number of rotatable bonds is 11. The molecule has 0 spiro atoms. The van der Waals surface area contributed by atoms with Crippen molar-refractivity contribution in [2.45, 2.75) is 23.5 Å². The van der Waals surface area contributed by atoms with Crippen LogP contribution in [0.3, 0.4) is 0 Å². The molecule has 0 radical (unpaired) electrons. The lowest BCUT2D eigenvalue weighted by atomic mass is 10.1.